The molecule has 0 N–H and O–H groups in total. The number of carbonyl (C=O) groups is 1. The lowest BCUT2D eigenvalue weighted by Crippen LogP contribution is -2.05. The molecule has 4 nitrogen and oxygen atoms in total. The van der Waals surface area contributed by atoms with Gasteiger partial charge in [-0.1, -0.05) is 29.8 Å². The molecule has 1 heterocycles. The van der Waals surface area contributed by atoms with Crippen molar-refractivity contribution in [2.45, 2.75) is 26.3 Å². The van der Waals surface area contributed by atoms with E-state index in [0.717, 1.165) is 42.5 Å². The Balaban J connectivity index is 1.54. The van der Waals surface area contributed by atoms with E-state index in [0.29, 0.717) is 12.4 Å². The summed E-state index contributed by atoms with van der Waals surface area (Å²) in [6.07, 6.45) is 2.69. The van der Waals surface area contributed by atoms with Crippen molar-refractivity contribution < 1.29 is 9.53 Å². The molecule has 0 aliphatic rings. The minimum Gasteiger partial charge on any atom is -0.494 e. The smallest absolute Gasteiger partial charge is 0.185 e. The number of hydrogen-bond donors (Lipinski definition) is 0. The Labute approximate surface area is 135 Å². The zero-order valence-corrected chi connectivity index (χ0v) is 13.2. The fourth-order valence-electron chi connectivity index (χ4n) is 2.62. The van der Waals surface area contributed by atoms with Crippen LogP contribution in [0.15, 0.2) is 48.5 Å². The van der Waals surface area contributed by atoms with Gasteiger partial charge in [-0.25, -0.2) is 4.98 Å². The number of benzene rings is 2. The van der Waals surface area contributed by atoms with Gasteiger partial charge in [0.25, 0.3) is 0 Å². The molecular formula is C19H20N2O2. The molecule has 3 aromatic rings. The molecule has 0 aliphatic heterocycles. The summed E-state index contributed by atoms with van der Waals surface area (Å²) in [6.45, 7) is 3.50. The maximum atomic E-state index is 11.2. The average Bonchev–Trinajstić information content (AvgIpc) is 2.94. The van der Waals surface area contributed by atoms with Crippen LogP contribution in [0.4, 0.5) is 0 Å². The van der Waals surface area contributed by atoms with Crippen molar-refractivity contribution in [3.05, 3.63) is 59.9 Å². The number of aromatic nitrogens is 2. The topological polar surface area (TPSA) is 44.1 Å². The van der Waals surface area contributed by atoms with Gasteiger partial charge in [-0.05, 0) is 44.0 Å². The van der Waals surface area contributed by atoms with Crippen LogP contribution in [0.5, 0.6) is 5.75 Å². The molecule has 2 aromatic carbocycles. The van der Waals surface area contributed by atoms with Crippen molar-refractivity contribution in [2.75, 3.05) is 6.61 Å². The van der Waals surface area contributed by atoms with Gasteiger partial charge in [0.15, 0.2) is 12.1 Å². The number of aldehydes is 1. The number of ether oxygens (including phenoxy) is 1. The van der Waals surface area contributed by atoms with Gasteiger partial charge in [0.05, 0.1) is 17.6 Å². The molecule has 0 saturated heterocycles. The number of para-hydroxylation sites is 2. The van der Waals surface area contributed by atoms with Crippen LogP contribution in [0.25, 0.3) is 11.0 Å². The number of nitrogens with zero attached hydrogens (tertiary/aromatic N) is 2. The van der Waals surface area contributed by atoms with E-state index >= 15 is 0 Å². The zero-order chi connectivity index (χ0) is 16.1. The highest BCUT2D eigenvalue weighted by molar-refractivity contribution is 5.82. The first-order chi connectivity index (χ1) is 11.3. The summed E-state index contributed by atoms with van der Waals surface area (Å²) < 4.78 is 7.71. The summed E-state index contributed by atoms with van der Waals surface area (Å²) in [5.74, 6) is 1.39. The van der Waals surface area contributed by atoms with E-state index in [-0.39, 0.29) is 0 Å². The monoisotopic (exact) mass is 308 g/mol. The number of unbranched alkanes of at least 4 members (excludes halogenated alkanes) is 1. The lowest BCUT2D eigenvalue weighted by molar-refractivity contribution is 0.111. The fraction of sp³-hybridized carbons (Fsp3) is 0.263. The highest BCUT2D eigenvalue weighted by Crippen LogP contribution is 2.16. The first kappa shape index (κ1) is 15.3. The fourth-order valence-corrected chi connectivity index (χ4v) is 2.62. The maximum Gasteiger partial charge on any atom is 0.185 e. The Morgan fingerprint density at radius 3 is 2.65 bits per heavy atom. The first-order valence-electron chi connectivity index (χ1n) is 7.88. The SMILES string of the molecule is Cc1ccc(OCCCCn2c(C=O)nc3ccccc32)cc1. The number of imidazole rings is 1. The first-order valence-corrected chi connectivity index (χ1v) is 7.88. The second-order valence-corrected chi connectivity index (χ2v) is 5.60. The normalized spacial score (nSPS) is 10.8. The van der Waals surface area contributed by atoms with Crippen LogP contribution in [-0.2, 0) is 6.54 Å². The summed E-state index contributed by atoms with van der Waals surface area (Å²) in [5.41, 5.74) is 3.10. The van der Waals surface area contributed by atoms with Crippen LogP contribution >= 0.6 is 0 Å². The minimum atomic E-state index is 0.491. The maximum absolute atomic E-state index is 11.2. The van der Waals surface area contributed by atoms with E-state index in [1.807, 2.05) is 53.1 Å². The Morgan fingerprint density at radius 1 is 1.09 bits per heavy atom. The Hall–Kier alpha value is -2.62. The van der Waals surface area contributed by atoms with Gasteiger partial charge in [-0.3, -0.25) is 4.79 Å². The average molecular weight is 308 g/mol. The Morgan fingerprint density at radius 2 is 1.87 bits per heavy atom. The van der Waals surface area contributed by atoms with Crippen molar-refractivity contribution in [3.8, 4) is 5.75 Å². The van der Waals surface area contributed by atoms with E-state index in [4.69, 9.17) is 4.74 Å². The van der Waals surface area contributed by atoms with Gasteiger partial charge in [0, 0.05) is 6.54 Å². The molecule has 118 valence electrons. The highest BCUT2D eigenvalue weighted by Gasteiger charge is 2.08. The molecule has 0 atom stereocenters. The molecule has 1 aromatic heterocycles. The molecule has 0 saturated carbocycles. The van der Waals surface area contributed by atoms with Crippen molar-refractivity contribution in [3.63, 3.8) is 0 Å². The lowest BCUT2D eigenvalue weighted by Gasteiger charge is -2.08. The van der Waals surface area contributed by atoms with E-state index in [1.165, 1.54) is 5.56 Å². The molecule has 0 amide bonds. The molecule has 3 rings (SSSR count). The molecular weight excluding hydrogens is 288 g/mol. The number of aryl methyl sites for hydroxylation is 2. The predicted molar refractivity (Wildman–Crippen MR) is 91.0 cm³/mol. The standard InChI is InChI=1S/C19H20N2O2/c1-15-8-10-16(11-9-15)23-13-5-4-12-21-18-7-3-2-6-17(18)20-19(21)14-22/h2-3,6-11,14H,4-5,12-13H2,1H3. The van der Waals surface area contributed by atoms with Crippen molar-refractivity contribution >= 4 is 17.3 Å². The predicted octanol–water partition coefficient (Wildman–Crippen LogP) is 4.02. The third-order valence-electron chi connectivity index (χ3n) is 3.86. The number of fused-ring (bicyclic) bond motifs is 1. The number of rotatable bonds is 7. The van der Waals surface area contributed by atoms with Gasteiger partial charge in [0.1, 0.15) is 5.75 Å². The molecule has 0 fully saturated rings. The third-order valence-corrected chi connectivity index (χ3v) is 3.86. The van der Waals surface area contributed by atoms with E-state index < -0.39 is 0 Å². The second-order valence-electron chi connectivity index (χ2n) is 5.60. The Bertz CT molecular complexity index is 791. The summed E-state index contributed by atoms with van der Waals surface area (Å²) in [5, 5.41) is 0. The van der Waals surface area contributed by atoms with Crippen LogP contribution in [0.1, 0.15) is 29.0 Å². The van der Waals surface area contributed by atoms with E-state index in [2.05, 4.69) is 11.9 Å². The molecule has 0 spiro atoms. The highest BCUT2D eigenvalue weighted by atomic mass is 16.5. The van der Waals surface area contributed by atoms with Gasteiger partial charge >= 0.3 is 0 Å². The lowest BCUT2D eigenvalue weighted by atomic mass is 10.2. The number of carbonyl (C=O) groups excluding carboxylic acids is 1. The van der Waals surface area contributed by atoms with Crippen LogP contribution < -0.4 is 4.74 Å². The van der Waals surface area contributed by atoms with Gasteiger partial charge in [-0.15, -0.1) is 0 Å². The Kier molecular flexibility index (Phi) is 4.71. The van der Waals surface area contributed by atoms with E-state index in [9.17, 15) is 4.79 Å². The van der Waals surface area contributed by atoms with Crippen LogP contribution in [0, 0.1) is 6.92 Å². The number of hydrogen-bond acceptors (Lipinski definition) is 3. The summed E-state index contributed by atoms with van der Waals surface area (Å²) in [4.78, 5) is 15.5. The van der Waals surface area contributed by atoms with Crippen molar-refractivity contribution in [1.82, 2.24) is 9.55 Å². The van der Waals surface area contributed by atoms with Gasteiger partial charge in [-0.2, -0.15) is 0 Å². The molecule has 0 bridgehead atoms. The molecule has 0 aliphatic carbocycles. The van der Waals surface area contributed by atoms with Gasteiger partial charge < -0.3 is 9.30 Å². The molecule has 23 heavy (non-hydrogen) atoms. The van der Waals surface area contributed by atoms with Crippen LogP contribution in [0.2, 0.25) is 0 Å². The van der Waals surface area contributed by atoms with Crippen molar-refractivity contribution in [1.29, 1.82) is 0 Å². The summed E-state index contributed by atoms with van der Waals surface area (Å²) in [6, 6.07) is 15.9. The quantitative estimate of drug-likeness (QED) is 0.489. The van der Waals surface area contributed by atoms with E-state index in [1.54, 1.807) is 0 Å². The second kappa shape index (κ2) is 7.09. The van der Waals surface area contributed by atoms with Crippen molar-refractivity contribution in [2.24, 2.45) is 0 Å². The molecule has 4 heteroatoms. The molecule has 0 radical (unpaired) electrons. The van der Waals surface area contributed by atoms with Crippen LogP contribution in [0.3, 0.4) is 0 Å². The zero-order valence-electron chi connectivity index (χ0n) is 13.2. The largest absolute Gasteiger partial charge is 0.494 e. The minimum absolute atomic E-state index is 0.491. The van der Waals surface area contributed by atoms with Gasteiger partial charge in [0.2, 0.25) is 0 Å². The van der Waals surface area contributed by atoms with Crippen LogP contribution in [-0.4, -0.2) is 22.4 Å². The summed E-state index contributed by atoms with van der Waals surface area (Å²) in [7, 11) is 0. The third kappa shape index (κ3) is 3.59. The molecule has 0 unspecified atom stereocenters. The summed E-state index contributed by atoms with van der Waals surface area (Å²) >= 11 is 0.